The highest BCUT2D eigenvalue weighted by Gasteiger charge is 2.52. The fourth-order valence-electron chi connectivity index (χ4n) is 14.6. The zero-order chi connectivity index (χ0) is 74.0. The highest BCUT2D eigenvalue weighted by Crippen LogP contribution is 2.37. The Labute approximate surface area is 591 Å². The fraction of sp³-hybridized carbons (Fsp3) is 0.746. The molecule has 4 aliphatic heterocycles. The number of carbonyl (C=O) groups is 12. The van der Waals surface area contributed by atoms with Gasteiger partial charge in [-0.05, 0) is 132 Å². The maximum atomic E-state index is 15.5. The van der Waals surface area contributed by atoms with Crippen molar-refractivity contribution in [2.75, 3.05) is 81.6 Å². The number of halogens is 4. The predicted molar refractivity (Wildman–Crippen MR) is 366 cm³/mol. The summed E-state index contributed by atoms with van der Waals surface area (Å²) >= 11 is 6.15. The minimum atomic E-state index is -4.77. The van der Waals surface area contributed by atoms with Crippen molar-refractivity contribution in [3.8, 4) is 0 Å². The Kier molecular flexibility index (Phi) is 27.8. The second-order valence-corrected chi connectivity index (χ2v) is 29.7. The van der Waals surface area contributed by atoms with E-state index < -0.39 is 172 Å². The van der Waals surface area contributed by atoms with Gasteiger partial charge in [-0.3, -0.25) is 57.5 Å². The summed E-state index contributed by atoms with van der Waals surface area (Å²) in [5.74, 6) is -9.23. The summed E-state index contributed by atoms with van der Waals surface area (Å²) in [4.78, 5) is 191. The van der Waals surface area contributed by atoms with E-state index in [1.54, 1.807) is 18.7 Å². The molecule has 6 fully saturated rings. The molecule has 1 spiro atoms. The van der Waals surface area contributed by atoms with Gasteiger partial charge in [-0.15, -0.1) is 0 Å². The van der Waals surface area contributed by atoms with Crippen molar-refractivity contribution in [1.29, 1.82) is 0 Å². The average molecular weight is 1430 g/mol. The number of fused-ring (bicyclic) bond motifs is 2. The lowest BCUT2D eigenvalue weighted by Gasteiger charge is -2.45. The third kappa shape index (κ3) is 18.6. The number of carbonyl (C=O) groups excluding carboxylic acids is 12. The van der Waals surface area contributed by atoms with Crippen LogP contribution in [0.4, 0.5) is 13.2 Å². The van der Waals surface area contributed by atoms with Crippen LogP contribution in [0.15, 0.2) is 18.2 Å². The van der Waals surface area contributed by atoms with E-state index in [-0.39, 0.29) is 82.2 Å². The van der Waals surface area contributed by atoms with Crippen LogP contribution in [0.5, 0.6) is 0 Å². The molecule has 0 unspecified atom stereocenters. The van der Waals surface area contributed by atoms with Crippen LogP contribution in [0, 0.1) is 17.8 Å². The number of amides is 12. The molecule has 2 saturated carbocycles. The zero-order valence-electron chi connectivity index (χ0n) is 60.8. The first-order chi connectivity index (χ1) is 47.1. The smallest absolute Gasteiger partial charge is 0.376 e. The van der Waals surface area contributed by atoms with E-state index in [0.717, 1.165) is 29.9 Å². The number of alkyl halides is 3. The molecular formula is C71H108ClF3N12O13. The van der Waals surface area contributed by atoms with Crippen LogP contribution < -0.4 is 16.0 Å². The zero-order valence-corrected chi connectivity index (χ0v) is 61.5. The minimum Gasteiger partial charge on any atom is -0.376 e. The van der Waals surface area contributed by atoms with Gasteiger partial charge >= 0.3 is 6.18 Å². The van der Waals surface area contributed by atoms with E-state index in [1.165, 1.54) is 89.6 Å². The molecule has 1 aromatic carbocycles. The molecule has 4 saturated heterocycles. The number of rotatable bonds is 13. The van der Waals surface area contributed by atoms with Crippen LogP contribution in [0.3, 0.4) is 0 Å². The van der Waals surface area contributed by atoms with Gasteiger partial charge in [-0.25, -0.2) is 0 Å². The van der Waals surface area contributed by atoms with E-state index in [4.69, 9.17) is 16.3 Å². The summed E-state index contributed by atoms with van der Waals surface area (Å²) in [5, 5.41) is 8.10. The van der Waals surface area contributed by atoms with Crippen molar-refractivity contribution in [3.63, 3.8) is 0 Å². The molecule has 6 aliphatic rings. The number of hydrogen-bond acceptors (Lipinski definition) is 13. The average Bonchev–Trinajstić information content (AvgIpc) is 1.35. The van der Waals surface area contributed by atoms with Gasteiger partial charge in [-0.1, -0.05) is 84.9 Å². The molecule has 7 rings (SSSR count). The first-order valence-corrected chi connectivity index (χ1v) is 36.3. The molecule has 3 N–H and O–H groups in total. The molecular weight excluding hydrogens is 1320 g/mol. The number of hydrogen-bond donors (Lipinski definition) is 3. The summed E-state index contributed by atoms with van der Waals surface area (Å²) < 4.78 is 47.7. The molecule has 12 amide bonds. The van der Waals surface area contributed by atoms with Gasteiger partial charge in [-0.2, -0.15) is 13.2 Å². The number of piperidine rings is 1. The molecule has 4 heterocycles. The topological polar surface area (TPSA) is 279 Å². The van der Waals surface area contributed by atoms with Crippen molar-refractivity contribution in [2.24, 2.45) is 17.8 Å². The Hall–Kier alpha value is -7.10. The van der Waals surface area contributed by atoms with E-state index in [9.17, 15) is 41.9 Å². The first-order valence-electron chi connectivity index (χ1n) is 36.0. The van der Waals surface area contributed by atoms with Gasteiger partial charge in [0.05, 0.1) is 36.3 Å². The van der Waals surface area contributed by atoms with E-state index in [0.29, 0.717) is 70.9 Å². The molecule has 0 bridgehead atoms. The molecule has 0 aromatic heterocycles. The van der Waals surface area contributed by atoms with Crippen LogP contribution in [0.1, 0.15) is 175 Å². The number of likely N-dealkylation sites (tertiary alicyclic amines) is 1. The molecule has 1 aromatic rings. The van der Waals surface area contributed by atoms with Crippen LogP contribution in [0.25, 0.3) is 0 Å². The van der Waals surface area contributed by atoms with Gasteiger partial charge in [0.2, 0.25) is 70.9 Å². The van der Waals surface area contributed by atoms with Gasteiger partial charge in [0.1, 0.15) is 59.9 Å². The van der Waals surface area contributed by atoms with Gasteiger partial charge in [0, 0.05) is 68.5 Å². The quantitative estimate of drug-likeness (QED) is 0.234. The van der Waals surface area contributed by atoms with Gasteiger partial charge < -0.3 is 64.8 Å². The highest BCUT2D eigenvalue weighted by molar-refractivity contribution is 6.31. The first kappa shape index (κ1) is 80.2. The highest BCUT2D eigenvalue weighted by atomic mass is 35.5. The van der Waals surface area contributed by atoms with Crippen molar-refractivity contribution < 1.29 is 75.4 Å². The lowest BCUT2D eigenvalue weighted by Crippen LogP contribution is -2.65. The summed E-state index contributed by atoms with van der Waals surface area (Å²) in [7, 11) is 8.45. The number of ether oxygens (including phenoxy) is 1. The maximum Gasteiger partial charge on any atom is 0.417 e. The number of aryl methyl sites for hydroxylation is 1. The standard InChI is InChI=1S/C71H108ClF3N12O13/c1-14-43(5)58-67(97)80(9)45(7)62(92)87-36-30-52(87)65(95)83(12)55(41-100-47-23-21-24-47)64(94)79(8)40-56(88)76-50(29-27-46-26-28-48(49(72)38-46)71(73,74)75)63(93)86-35-22-25-51(86)61(91)78-70(31-17-18-32-70)69(99)84(13)59(44(6)15-2)68(98)82(11)54(66(96)85-33-19-16-20-34-85)39-57(89)81(10)53(37-42(3)4)60(90)77-58/h26,28,38,42-45,47,50-55,58-59H,14-25,27,29-37,39-41H2,1-13H3,(H,76,88)(H,77,90)(H,78,91)/t43-,44-,45-,50-,51-,52-,53-,54-,55-,58-,59-/m0/s1. The largest absolute Gasteiger partial charge is 0.417 e. The van der Waals surface area contributed by atoms with E-state index in [2.05, 4.69) is 16.0 Å². The molecule has 11 atom stereocenters. The Bertz CT molecular complexity index is 3160. The number of nitrogens with one attached hydrogen (secondary N) is 3. The molecule has 0 radical (unpaired) electrons. The molecule has 558 valence electrons. The molecule has 29 heteroatoms. The van der Waals surface area contributed by atoms with Crippen molar-refractivity contribution in [1.82, 2.24) is 60.0 Å². The minimum absolute atomic E-state index is 0.0201. The second kappa shape index (κ2) is 34.7. The van der Waals surface area contributed by atoms with Crippen molar-refractivity contribution in [3.05, 3.63) is 34.3 Å². The Morgan fingerprint density at radius 1 is 0.650 bits per heavy atom. The number of benzene rings is 1. The third-order valence-electron chi connectivity index (χ3n) is 22.0. The lowest BCUT2D eigenvalue weighted by atomic mass is 9.90. The van der Waals surface area contributed by atoms with E-state index >= 15 is 28.8 Å². The normalized spacial score (nSPS) is 27.8. The second-order valence-electron chi connectivity index (χ2n) is 29.3. The predicted octanol–water partition coefficient (Wildman–Crippen LogP) is 5.02. The van der Waals surface area contributed by atoms with Crippen molar-refractivity contribution >= 4 is 82.5 Å². The molecule has 100 heavy (non-hydrogen) atoms. The van der Waals surface area contributed by atoms with Crippen molar-refractivity contribution in [2.45, 2.75) is 243 Å². The summed E-state index contributed by atoms with van der Waals surface area (Å²) in [6, 6.07) is -8.23. The SMILES string of the molecule is CC[C@H](C)[C@@H]1NC(=O)[C@H](CC(C)C)N(C)C(=O)C[C@@H](C(=O)N2CCCCC2)N(C)C(=O)[C@H]([C@@H](C)CC)N(C)C(=O)C2(CCCC2)NC(=O)[C@@H]2CCCN2C(=O)[C@H](CCc2ccc(C(F)(F)F)c(Cl)c2)NC(=O)CN(C)C(=O)[C@H](COC2CCC2)N(C)C(=O)[C@@H]2CCN2C(=O)[C@H](C)N(C)C1=O. The van der Waals surface area contributed by atoms with Crippen LogP contribution in [-0.4, -0.2) is 263 Å². The maximum absolute atomic E-state index is 15.5. The fourth-order valence-corrected chi connectivity index (χ4v) is 14.9. The summed E-state index contributed by atoms with van der Waals surface area (Å²) in [6.07, 6.45) is 1.45. The number of nitrogens with zero attached hydrogens (tertiary/aromatic N) is 9. The van der Waals surface area contributed by atoms with Crippen LogP contribution in [-0.2, 0) is 74.9 Å². The van der Waals surface area contributed by atoms with Gasteiger partial charge in [0.25, 0.3) is 0 Å². The third-order valence-corrected chi connectivity index (χ3v) is 22.3. The Morgan fingerprint density at radius 2 is 1.29 bits per heavy atom. The Morgan fingerprint density at radius 3 is 1.86 bits per heavy atom. The van der Waals surface area contributed by atoms with Crippen LogP contribution in [0.2, 0.25) is 5.02 Å². The monoisotopic (exact) mass is 1430 g/mol. The van der Waals surface area contributed by atoms with Gasteiger partial charge in [0.15, 0.2) is 0 Å². The number of likely N-dealkylation sites (N-methyl/N-ethyl adjacent to an activating group) is 6. The van der Waals surface area contributed by atoms with E-state index in [1.807, 2.05) is 27.7 Å². The molecule has 25 nitrogen and oxygen atoms in total. The lowest BCUT2D eigenvalue weighted by molar-refractivity contribution is -0.161. The summed E-state index contributed by atoms with van der Waals surface area (Å²) in [5.41, 5.74) is -2.39. The molecule has 2 aliphatic carbocycles. The van der Waals surface area contributed by atoms with Crippen LogP contribution >= 0.6 is 11.6 Å². The Balaban J connectivity index is 1.29. The summed E-state index contributed by atoms with van der Waals surface area (Å²) in [6.45, 7) is 12.3.